The molecule has 88 valence electrons. The quantitative estimate of drug-likeness (QED) is 0.218. The fourth-order valence-corrected chi connectivity index (χ4v) is 1.27. The van der Waals surface area contributed by atoms with E-state index in [9.17, 15) is 0 Å². The first-order valence-electron chi connectivity index (χ1n) is 5.57. The molecular formula is C10H22N4O. The third-order valence-electron chi connectivity index (χ3n) is 2.42. The number of nitrogens with one attached hydrogen (secondary N) is 1. The van der Waals surface area contributed by atoms with Crippen LogP contribution in [0.3, 0.4) is 0 Å². The Bertz CT molecular complexity index is 204. The molecule has 5 nitrogen and oxygen atoms in total. The van der Waals surface area contributed by atoms with E-state index in [4.69, 9.17) is 10.6 Å². The highest BCUT2D eigenvalue weighted by molar-refractivity contribution is 5.79. The van der Waals surface area contributed by atoms with Crippen LogP contribution in [0, 0.1) is 5.92 Å². The molecule has 5 heteroatoms. The van der Waals surface area contributed by atoms with Crippen LogP contribution in [0.25, 0.3) is 0 Å². The Hall–Kier alpha value is -0.810. The maximum atomic E-state index is 5.54. The topological polar surface area (TPSA) is 62.9 Å². The molecule has 0 atom stereocenters. The molecule has 0 saturated heterocycles. The molecule has 0 amide bonds. The van der Waals surface area contributed by atoms with Crippen molar-refractivity contribution < 1.29 is 4.74 Å². The number of hydrogen-bond donors (Lipinski definition) is 2. The zero-order chi connectivity index (χ0) is 11.1. The van der Waals surface area contributed by atoms with Gasteiger partial charge in [-0.1, -0.05) is 0 Å². The summed E-state index contributed by atoms with van der Waals surface area (Å²) in [5.41, 5.74) is 2.59. The zero-order valence-electron chi connectivity index (χ0n) is 9.70. The molecule has 1 aliphatic carbocycles. The van der Waals surface area contributed by atoms with Gasteiger partial charge in [0.25, 0.3) is 0 Å². The van der Waals surface area contributed by atoms with Gasteiger partial charge < -0.3 is 9.64 Å². The van der Waals surface area contributed by atoms with Crippen molar-refractivity contribution in [3.8, 4) is 0 Å². The first-order chi connectivity index (χ1) is 7.27. The van der Waals surface area contributed by atoms with Crippen molar-refractivity contribution in [1.82, 2.24) is 10.3 Å². The van der Waals surface area contributed by atoms with Crippen LogP contribution < -0.4 is 11.3 Å². The molecule has 0 bridgehead atoms. The van der Waals surface area contributed by atoms with Crippen LogP contribution in [0.5, 0.6) is 0 Å². The summed E-state index contributed by atoms with van der Waals surface area (Å²) in [6, 6.07) is 0. The number of rotatable bonds is 6. The molecule has 0 aromatic rings. The van der Waals surface area contributed by atoms with Crippen molar-refractivity contribution in [1.29, 1.82) is 0 Å². The normalized spacial score (nSPS) is 16.6. The van der Waals surface area contributed by atoms with E-state index in [0.717, 1.165) is 32.2 Å². The standard InChI is InChI=1S/C10H22N4O/c1-3-12-10(13-11)14(2)6-7-15-8-9-4-5-9/h9H,3-8,11H2,1-2H3,(H,12,13). The second kappa shape index (κ2) is 6.63. The summed E-state index contributed by atoms with van der Waals surface area (Å²) in [5.74, 6) is 6.90. The van der Waals surface area contributed by atoms with Crippen molar-refractivity contribution in [2.45, 2.75) is 19.8 Å². The van der Waals surface area contributed by atoms with Gasteiger partial charge in [-0.2, -0.15) is 0 Å². The van der Waals surface area contributed by atoms with Gasteiger partial charge in [0.1, 0.15) is 0 Å². The molecule has 1 aliphatic rings. The van der Waals surface area contributed by atoms with E-state index in [1.54, 1.807) is 0 Å². The fourth-order valence-electron chi connectivity index (χ4n) is 1.27. The van der Waals surface area contributed by atoms with Gasteiger partial charge in [-0.25, -0.2) is 5.84 Å². The minimum Gasteiger partial charge on any atom is -0.379 e. The van der Waals surface area contributed by atoms with Crippen LogP contribution in [0.4, 0.5) is 0 Å². The summed E-state index contributed by atoms with van der Waals surface area (Å²) < 4.78 is 5.54. The highest BCUT2D eigenvalue weighted by Gasteiger charge is 2.20. The summed E-state index contributed by atoms with van der Waals surface area (Å²) in [7, 11) is 1.95. The molecule has 0 aliphatic heterocycles. The number of ether oxygens (including phenoxy) is 1. The summed E-state index contributed by atoms with van der Waals surface area (Å²) in [6.07, 6.45) is 2.67. The molecule has 1 rings (SSSR count). The molecule has 0 aromatic carbocycles. The lowest BCUT2D eigenvalue weighted by Gasteiger charge is -2.20. The first-order valence-corrected chi connectivity index (χ1v) is 5.57. The molecule has 1 fully saturated rings. The molecule has 3 N–H and O–H groups in total. The van der Waals surface area contributed by atoms with Crippen LogP contribution in [0.2, 0.25) is 0 Å². The zero-order valence-corrected chi connectivity index (χ0v) is 9.70. The van der Waals surface area contributed by atoms with Crippen molar-refractivity contribution in [3.05, 3.63) is 0 Å². The van der Waals surface area contributed by atoms with E-state index >= 15 is 0 Å². The summed E-state index contributed by atoms with van der Waals surface area (Å²) in [6.45, 7) is 5.17. The van der Waals surface area contributed by atoms with Crippen LogP contribution >= 0.6 is 0 Å². The van der Waals surface area contributed by atoms with E-state index in [1.807, 2.05) is 18.9 Å². The van der Waals surface area contributed by atoms with Crippen molar-refractivity contribution >= 4 is 5.96 Å². The summed E-state index contributed by atoms with van der Waals surface area (Å²) in [4.78, 5) is 6.19. The third-order valence-corrected chi connectivity index (χ3v) is 2.42. The number of hydrogen-bond acceptors (Lipinski definition) is 3. The predicted molar refractivity (Wildman–Crippen MR) is 61.5 cm³/mol. The van der Waals surface area contributed by atoms with Gasteiger partial charge in [-0.15, -0.1) is 0 Å². The minimum absolute atomic E-state index is 0.715. The Labute approximate surface area is 91.6 Å². The Morgan fingerprint density at radius 1 is 1.60 bits per heavy atom. The van der Waals surface area contributed by atoms with Gasteiger partial charge in [-0.05, 0) is 25.7 Å². The number of hydrazine groups is 1. The van der Waals surface area contributed by atoms with Crippen molar-refractivity contribution in [3.63, 3.8) is 0 Å². The van der Waals surface area contributed by atoms with Gasteiger partial charge in [0.05, 0.1) is 6.61 Å². The van der Waals surface area contributed by atoms with Gasteiger partial charge in [0.2, 0.25) is 5.96 Å². The Balaban J connectivity index is 2.09. The number of nitrogens with zero attached hydrogens (tertiary/aromatic N) is 2. The second-order valence-electron chi connectivity index (χ2n) is 3.88. The minimum atomic E-state index is 0.715. The number of aliphatic imine (C=N–C) groups is 1. The van der Waals surface area contributed by atoms with Crippen molar-refractivity contribution in [2.24, 2.45) is 16.8 Å². The molecule has 0 radical (unpaired) electrons. The van der Waals surface area contributed by atoms with Gasteiger partial charge in [0.15, 0.2) is 0 Å². The lowest BCUT2D eigenvalue weighted by atomic mass is 10.5. The summed E-state index contributed by atoms with van der Waals surface area (Å²) >= 11 is 0. The lowest BCUT2D eigenvalue weighted by molar-refractivity contribution is 0.115. The first kappa shape index (κ1) is 12.3. The third kappa shape index (κ3) is 4.99. The average Bonchev–Trinajstić information content (AvgIpc) is 3.04. The smallest absolute Gasteiger partial charge is 0.208 e. The van der Waals surface area contributed by atoms with Gasteiger partial charge in [-0.3, -0.25) is 10.4 Å². The molecule has 0 aromatic heterocycles. The highest BCUT2D eigenvalue weighted by atomic mass is 16.5. The van der Waals surface area contributed by atoms with E-state index < -0.39 is 0 Å². The average molecular weight is 214 g/mol. The van der Waals surface area contributed by atoms with Crippen LogP contribution in [-0.2, 0) is 4.74 Å². The number of guanidine groups is 1. The molecule has 0 spiro atoms. The molecular weight excluding hydrogens is 192 g/mol. The Morgan fingerprint density at radius 2 is 2.33 bits per heavy atom. The largest absolute Gasteiger partial charge is 0.379 e. The van der Waals surface area contributed by atoms with Gasteiger partial charge in [0, 0.05) is 26.7 Å². The maximum Gasteiger partial charge on any atom is 0.208 e. The Kier molecular flexibility index (Phi) is 5.42. The van der Waals surface area contributed by atoms with E-state index in [1.165, 1.54) is 12.8 Å². The van der Waals surface area contributed by atoms with Crippen molar-refractivity contribution in [2.75, 3.05) is 33.4 Å². The van der Waals surface area contributed by atoms with E-state index in [2.05, 4.69) is 10.4 Å². The molecule has 1 saturated carbocycles. The molecule has 0 heterocycles. The second-order valence-corrected chi connectivity index (χ2v) is 3.88. The Morgan fingerprint density at radius 3 is 2.87 bits per heavy atom. The van der Waals surface area contributed by atoms with E-state index in [-0.39, 0.29) is 0 Å². The van der Waals surface area contributed by atoms with Crippen LogP contribution in [0.15, 0.2) is 4.99 Å². The predicted octanol–water partition coefficient (Wildman–Crippen LogP) is 0.184. The lowest BCUT2D eigenvalue weighted by Crippen LogP contribution is -2.44. The highest BCUT2D eigenvalue weighted by Crippen LogP contribution is 2.28. The maximum absolute atomic E-state index is 5.54. The number of likely N-dealkylation sites (N-methyl/N-ethyl adjacent to an activating group) is 1. The fraction of sp³-hybridized carbons (Fsp3) is 0.900. The number of nitrogens with two attached hydrogens (primary N) is 1. The van der Waals surface area contributed by atoms with E-state index in [0.29, 0.717) is 5.96 Å². The molecule has 15 heavy (non-hydrogen) atoms. The summed E-state index contributed by atoms with van der Waals surface area (Å²) in [5, 5.41) is 0. The SMILES string of the molecule is CCN=C(NN)N(C)CCOCC1CC1. The van der Waals surface area contributed by atoms with Crippen LogP contribution in [-0.4, -0.2) is 44.2 Å². The van der Waals surface area contributed by atoms with Gasteiger partial charge >= 0.3 is 0 Å². The van der Waals surface area contributed by atoms with Crippen LogP contribution in [0.1, 0.15) is 19.8 Å². The molecule has 0 unspecified atom stereocenters. The monoisotopic (exact) mass is 214 g/mol.